The van der Waals surface area contributed by atoms with E-state index in [1.807, 2.05) is 0 Å². The number of alkyl halides is 3. The molecular formula is C26H32F3N3O4S2. The van der Waals surface area contributed by atoms with Gasteiger partial charge in [-0.05, 0) is 49.6 Å². The van der Waals surface area contributed by atoms with Crippen LogP contribution in [0.25, 0.3) is 0 Å². The zero-order valence-electron chi connectivity index (χ0n) is 21.0. The molecule has 0 aliphatic carbocycles. The molecule has 208 valence electrons. The van der Waals surface area contributed by atoms with Crippen molar-refractivity contribution in [1.82, 2.24) is 9.21 Å². The van der Waals surface area contributed by atoms with E-state index in [4.69, 9.17) is 4.74 Å². The molecule has 3 fully saturated rings. The van der Waals surface area contributed by atoms with Gasteiger partial charge >= 0.3 is 6.18 Å². The van der Waals surface area contributed by atoms with Gasteiger partial charge < -0.3 is 14.7 Å². The van der Waals surface area contributed by atoms with Crippen molar-refractivity contribution in [3.8, 4) is 0 Å². The average molecular weight is 572 g/mol. The second kappa shape index (κ2) is 10.3. The summed E-state index contributed by atoms with van der Waals surface area (Å²) in [7, 11) is -3.79. The summed E-state index contributed by atoms with van der Waals surface area (Å²) in [6, 6.07) is 12.1. The molecule has 0 radical (unpaired) electrons. The maximum Gasteiger partial charge on any atom is 0.421 e. The van der Waals surface area contributed by atoms with Crippen LogP contribution in [0.1, 0.15) is 25.3 Å². The number of piperazine rings is 1. The number of ether oxygens (including phenoxy) is 1. The predicted molar refractivity (Wildman–Crippen MR) is 140 cm³/mol. The molecule has 3 aliphatic heterocycles. The first-order valence-electron chi connectivity index (χ1n) is 12.7. The summed E-state index contributed by atoms with van der Waals surface area (Å²) >= 11 is 4.36. The molecule has 0 amide bonds. The van der Waals surface area contributed by atoms with E-state index < -0.39 is 21.8 Å². The quantitative estimate of drug-likeness (QED) is 0.518. The van der Waals surface area contributed by atoms with Crippen LogP contribution >= 0.6 is 12.6 Å². The van der Waals surface area contributed by atoms with Crippen molar-refractivity contribution in [2.45, 2.75) is 59.6 Å². The number of aliphatic hydroxyl groups is 1. The van der Waals surface area contributed by atoms with Gasteiger partial charge in [0.25, 0.3) is 0 Å². The number of morpholine rings is 1. The molecule has 5 rings (SSSR count). The molecule has 12 heteroatoms. The van der Waals surface area contributed by atoms with Gasteiger partial charge in [0.2, 0.25) is 10.0 Å². The second-order valence-corrected chi connectivity index (χ2v) is 12.9. The van der Waals surface area contributed by atoms with Crippen LogP contribution < -0.4 is 4.90 Å². The number of thiol groups is 1. The summed E-state index contributed by atoms with van der Waals surface area (Å²) in [6.45, 7) is 3.66. The Balaban J connectivity index is 1.41. The molecule has 2 bridgehead atoms. The van der Waals surface area contributed by atoms with Gasteiger partial charge in [0.15, 0.2) is 5.60 Å². The average Bonchev–Trinajstić information content (AvgIpc) is 3.21. The molecule has 3 aliphatic rings. The van der Waals surface area contributed by atoms with Gasteiger partial charge in [-0.1, -0.05) is 24.3 Å². The van der Waals surface area contributed by atoms with E-state index >= 15 is 0 Å². The van der Waals surface area contributed by atoms with E-state index in [2.05, 4.69) is 22.4 Å². The maximum atomic E-state index is 13.5. The third-order valence-electron chi connectivity index (χ3n) is 7.83. The van der Waals surface area contributed by atoms with Crippen molar-refractivity contribution in [1.29, 1.82) is 0 Å². The Morgan fingerprint density at radius 2 is 1.63 bits per heavy atom. The Hall–Kier alpha value is -1.83. The lowest BCUT2D eigenvalue weighted by Gasteiger charge is -2.45. The van der Waals surface area contributed by atoms with Crippen LogP contribution in [0.5, 0.6) is 0 Å². The molecule has 0 aromatic heterocycles. The van der Waals surface area contributed by atoms with Crippen LogP contribution in [0.4, 0.5) is 18.9 Å². The van der Waals surface area contributed by atoms with Crippen molar-refractivity contribution in [2.24, 2.45) is 0 Å². The Morgan fingerprint density at radius 1 is 1.00 bits per heavy atom. The highest BCUT2D eigenvalue weighted by molar-refractivity contribution is 7.90. The topological polar surface area (TPSA) is 73.3 Å². The second-order valence-electron chi connectivity index (χ2n) is 10.5. The molecule has 2 unspecified atom stereocenters. The zero-order valence-corrected chi connectivity index (χ0v) is 22.7. The molecule has 38 heavy (non-hydrogen) atoms. The SMILES string of the molecule is C[C@@](O)(c1ccc(N2CCN(S(=O)(=O)c3ccccc3S)C[C@H]2CN2CC3CCC(C2)O3)cc1)C(F)(F)F. The van der Waals surface area contributed by atoms with Crippen LogP contribution in [0.3, 0.4) is 0 Å². The van der Waals surface area contributed by atoms with Crippen molar-refractivity contribution >= 4 is 28.3 Å². The van der Waals surface area contributed by atoms with Crippen molar-refractivity contribution < 1.29 is 31.4 Å². The highest BCUT2D eigenvalue weighted by Crippen LogP contribution is 2.39. The number of benzene rings is 2. The van der Waals surface area contributed by atoms with Crippen LogP contribution in [0, 0.1) is 0 Å². The number of nitrogens with zero attached hydrogens (tertiary/aromatic N) is 3. The van der Waals surface area contributed by atoms with E-state index in [9.17, 15) is 26.7 Å². The number of rotatable bonds is 6. The normalized spacial score (nSPS) is 26.9. The van der Waals surface area contributed by atoms with Crippen molar-refractivity contribution in [3.05, 3.63) is 54.1 Å². The molecule has 3 heterocycles. The van der Waals surface area contributed by atoms with Crippen LogP contribution in [0.15, 0.2) is 58.3 Å². The van der Waals surface area contributed by atoms with Gasteiger partial charge in [0.1, 0.15) is 0 Å². The number of likely N-dealkylation sites (tertiary alicyclic amines) is 1. The highest BCUT2D eigenvalue weighted by Gasteiger charge is 2.51. The minimum atomic E-state index is -4.81. The van der Waals surface area contributed by atoms with Crippen LogP contribution in [0.2, 0.25) is 0 Å². The number of halogens is 3. The lowest BCUT2D eigenvalue weighted by Crippen LogP contribution is -2.59. The van der Waals surface area contributed by atoms with Gasteiger partial charge in [-0.15, -0.1) is 12.6 Å². The number of fused-ring (bicyclic) bond motifs is 2. The van der Waals surface area contributed by atoms with E-state index in [1.54, 1.807) is 36.4 Å². The first kappa shape index (κ1) is 27.7. The molecule has 0 spiro atoms. The summed E-state index contributed by atoms with van der Waals surface area (Å²) < 4.78 is 74.6. The summed E-state index contributed by atoms with van der Waals surface area (Å²) in [5.41, 5.74) is -2.54. The third kappa shape index (κ3) is 5.31. The molecule has 2 aromatic carbocycles. The summed E-state index contributed by atoms with van der Waals surface area (Å²) in [5, 5.41) is 10.1. The van der Waals surface area contributed by atoms with E-state index in [0.717, 1.165) is 32.9 Å². The van der Waals surface area contributed by atoms with E-state index in [1.165, 1.54) is 16.4 Å². The Bertz CT molecular complexity index is 1250. The van der Waals surface area contributed by atoms with Gasteiger partial charge in [-0.3, -0.25) is 4.90 Å². The van der Waals surface area contributed by atoms with Gasteiger partial charge in [0, 0.05) is 49.9 Å². The number of hydrogen-bond donors (Lipinski definition) is 2. The minimum Gasteiger partial charge on any atom is -0.376 e. The Morgan fingerprint density at radius 3 is 2.24 bits per heavy atom. The van der Waals surface area contributed by atoms with E-state index in [0.29, 0.717) is 23.7 Å². The summed E-state index contributed by atoms with van der Waals surface area (Å²) in [6.07, 6.45) is -2.45. The standard InChI is InChI=1S/C26H32F3N3O4S2/c1-25(33,26(27,28)29)18-6-8-19(9-7-18)32-13-12-31(38(34,35)24-5-3-2-4-23(24)37)15-20(32)14-30-16-21-10-11-22(17-30)36-21/h2-9,20-22,33,37H,10-17H2,1H3/t20-,21?,22?,25-/m1/s1. The molecule has 0 saturated carbocycles. The van der Waals surface area contributed by atoms with Crippen molar-refractivity contribution in [2.75, 3.05) is 44.2 Å². The van der Waals surface area contributed by atoms with Gasteiger partial charge in [-0.2, -0.15) is 17.5 Å². The van der Waals surface area contributed by atoms with Crippen molar-refractivity contribution in [3.63, 3.8) is 0 Å². The minimum absolute atomic E-state index is 0.152. The summed E-state index contributed by atoms with van der Waals surface area (Å²) in [5.74, 6) is 0. The third-order valence-corrected chi connectivity index (χ3v) is 10.3. The fourth-order valence-corrected chi connectivity index (χ4v) is 7.70. The number of anilines is 1. The Kier molecular flexibility index (Phi) is 7.51. The first-order chi connectivity index (χ1) is 17.9. The lowest BCUT2D eigenvalue weighted by molar-refractivity contribution is -0.258. The lowest BCUT2D eigenvalue weighted by atomic mass is 9.95. The molecule has 4 atom stereocenters. The molecule has 1 N–H and O–H groups in total. The predicted octanol–water partition coefficient (Wildman–Crippen LogP) is 3.49. The van der Waals surface area contributed by atoms with Gasteiger partial charge in [-0.25, -0.2) is 8.42 Å². The maximum absolute atomic E-state index is 13.5. The smallest absolute Gasteiger partial charge is 0.376 e. The fourth-order valence-electron chi connectivity index (χ4n) is 5.64. The number of hydrogen-bond acceptors (Lipinski definition) is 7. The van der Waals surface area contributed by atoms with Gasteiger partial charge in [0.05, 0.1) is 23.1 Å². The van der Waals surface area contributed by atoms with E-state index in [-0.39, 0.29) is 41.8 Å². The Labute approximate surface area is 226 Å². The molecule has 7 nitrogen and oxygen atoms in total. The molecule has 2 aromatic rings. The van der Waals surface area contributed by atoms with Crippen LogP contribution in [-0.2, 0) is 20.4 Å². The summed E-state index contributed by atoms with van der Waals surface area (Å²) in [4.78, 5) is 4.89. The zero-order chi connectivity index (χ0) is 27.3. The fraction of sp³-hybridized carbons (Fsp3) is 0.538. The van der Waals surface area contributed by atoms with Crippen LogP contribution in [-0.4, -0.2) is 86.4 Å². The highest BCUT2D eigenvalue weighted by atomic mass is 32.2. The first-order valence-corrected chi connectivity index (χ1v) is 14.6. The molecular weight excluding hydrogens is 539 g/mol. The number of sulfonamides is 1. The molecule has 3 saturated heterocycles. The largest absolute Gasteiger partial charge is 0.421 e. The monoisotopic (exact) mass is 571 g/mol.